The summed E-state index contributed by atoms with van der Waals surface area (Å²) in [6, 6.07) is 4.49. The lowest BCUT2D eigenvalue weighted by Crippen LogP contribution is -2.52. The summed E-state index contributed by atoms with van der Waals surface area (Å²) < 4.78 is 81.4. The molecule has 3 heterocycles. The number of anilines is 1. The average molecular weight is 571 g/mol. The Morgan fingerprint density at radius 1 is 1.18 bits per heavy atom. The number of nitrogens with one attached hydrogen (secondary N) is 1. The van der Waals surface area contributed by atoms with Gasteiger partial charge in [-0.15, -0.1) is 0 Å². The predicted molar refractivity (Wildman–Crippen MR) is 135 cm³/mol. The van der Waals surface area contributed by atoms with Gasteiger partial charge in [-0.3, -0.25) is 14.6 Å². The molecule has 218 valence electrons. The minimum atomic E-state index is -4.89. The van der Waals surface area contributed by atoms with Crippen molar-refractivity contribution in [1.82, 2.24) is 14.8 Å². The number of nitrogens with zero attached hydrogens (tertiary/aromatic N) is 3. The number of pyridine rings is 1. The number of carbonyl (C=O) groups is 2. The Kier molecular flexibility index (Phi) is 8.10. The maximum Gasteiger partial charge on any atom is 0.417 e. The van der Waals surface area contributed by atoms with Crippen LogP contribution in [0.4, 0.5) is 27.6 Å². The van der Waals surface area contributed by atoms with Gasteiger partial charge < -0.3 is 24.6 Å². The van der Waals surface area contributed by atoms with Crippen molar-refractivity contribution in [3.8, 4) is 5.75 Å². The van der Waals surface area contributed by atoms with E-state index in [4.69, 9.17) is 9.47 Å². The fraction of sp³-hybridized carbons (Fsp3) is 0.519. The Bertz CT molecular complexity index is 1290. The zero-order chi connectivity index (χ0) is 29.6. The second-order valence-corrected chi connectivity index (χ2v) is 10.5. The number of hydrogen-bond acceptors (Lipinski definition) is 6. The number of aromatic nitrogens is 1. The van der Waals surface area contributed by atoms with Gasteiger partial charge in [-0.2, -0.15) is 17.6 Å². The van der Waals surface area contributed by atoms with Crippen LogP contribution in [0.2, 0.25) is 0 Å². The lowest BCUT2D eigenvalue weighted by atomic mass is 9.77. The van der Waals surface area contributed by atoms with Crippen LogP contribution in [0.1, 0.15) is 42.7 Å². The lowest BCUT2D eigenvalue weighted by molar-refractivity contribution is -0.272. The molecule has 0 spiro atoms. The monoisotopic (exact) mass is 570 g/mol. The molecule has 2 amide bonds. The second kappa shape index (κ2) is 10.9. The summed E-state index contributed by atoms with van der Waals surface area (Å²) in [5, 5.41) is 2.51. The van der Waals surface area contributed by atoms with E-state index in [1.807, 2.05) is 14.0 Å². The molecule has 0 radical (unpaired) electrons. The van der Waals surface area contributed by atoms with Crippen molar-refractivity contribution in [2.24, 2.45) is 5.92 Å². The molecule has 13 heteroatoms. The van der Waals surface area contributed by atoms with Crippen LogP contribution in [-0.4, -0.2) is 84.3 Å². The Hall–Kier alpha value is -3.32. The summed E-state index contributed by atoms with van der Waals surface area (Å²) in [4.78, 5) is 34.4. The van der Waals surface area contributed by atoms with Crippen molar-refractivity contribution in [3.63, 3.8) is 0 Å². The molecule has 5 atom stereocenters. The van der Waals surface area contributed by atoms with Crippen molar-refractivity contribution in [2.75, 3.05) is 39.1 Å². The van der Waals surface area contributed by atoms with Gasteiger partial charge in [-0.05, 0) is 39.1 Å². The Labute approximate surface area is 228 Å². The third kappa shape index (κ3) is 5.24. The molecule has 2 fully saturated rings. The highest BCUT2D eigenvalue weighted by atomic mass is 19.4. The van der Waals surface area contributed by atoms with Gasteiger partial charge in [0.1, 0.15) is 11.8 Å². The van der Waals surface area contributed by atoms with Gasteiger partial charge in [0.15, 0.2) is 17.2 Å². The van der Waals surface area contributed by atoms with Crippen LogP contribution in [0.5, 0.6) is 5.75 Å². The number of halogens is 5. The number of benzene rings is 1. The molecule has 4 rings (SSSR count). The minimum Gasteiger partial charge on any atom is -0.493 e. The van der Waals surface area contributed by atoms with Gasteiger partial charge >= 0.3 is 6.18 Å². The molecule has 0 saturated carbocycles. The van der Waals surface area contributed by atoms with Gasteiger partial charge in [0, 0.05) is 55.0 Å². The molecule has 1 aromatic carbocycles. The quantitative estimate of drug-likeness (QED) is 0.542. The highest BCUT2D eigenvalue weighted by molar-refractivity contribution is 5.98. The Balaban J connectivity index is 1.65. The molecular formula is C27H31F5N4O4. The van der Waals surface area contributed by atoms with Crippen molar-refractivity contribution in [3.05, 3.63) is 53.4 Å². The first kappa shape index (κ1) is 29.7. The number of ether oxygens (including phenoxy) is 2. The zero-order valence-electron chi connectivity index (χ0n) is 22.7. The average Bonchev–Trinajstić information content (AvgIpc) is 3.17. The standard InChI is InChI=1S/C27H31F5N4O4/c1-14-13-35(4)10-11-36(14)25(38)19-12-16(8-9-33-19)34-24(37)23-20(15(2)26(3,40-23)27(30,31)32)17-6-7-18(28)21(29)22(17)39-5/h6-9,12,14-15,20,23H,10-11,13H2,1-5H3,(H,33,34,37)/t14-,15+,20+,23-,26-/m1/s1. The SMILES string of the molecule is COc1c([C@H]2[C@H](C(=O)Nc3ccnc(C(=O)N4CCN(C)C[C@H]4C)c3)O[C@@](C)(C(F)(F)F)[C@H]2C)ccc(F)c1F. The molecule has 1 aromatic heterocycles. The number of likely N-dealkylation sites (N-methyl/N-ethyl adjacent to an activating group) is 1. The maximum atomic E-state index is 14.6. The molecule has 0 aliphatic carbocycles. The molecule has 1 N–H and O–H groups in total. The van der Waals surface area contributed by atoms with E-state index in [0.29, 0.717) is 19.6 Å². The van der Waals surface area contributed by atoms with Crippen LogP contribution < -0.4 is 10.1 Å². The second-order valence-electron chi connectivity index (χ2n) is 10.5. The Morgan fingerprint density at radius 3 is 2.50 bits per heavy atom. The summed E-state index contributed by atoms with van der Waals surface area (Å²) >= 11 is 0. The first-order valence-corrected chi connectivity index (χ1v) is 12.7. The van der Waals surface area contributed by atoms with Crippen molar-refractivity contribution < 1.29 is 41.0 Å². The number of amides is 2. The largest absolute Gasteiger partial charge is 0.493 e. The third-order valence-electron chi connectivity index (χ3n) is 7.91. The first-order chi connectivity index (χ1) is 18.7. The van der Waals surface area contributed by atoms with Gasteiger partial charge in [-0.1, -0.05) is 13.0 Å². The van der Waals surface area contributed by atoms with Gasteiger partial charge in [0.05, 0.1) is 7.11 Å². The number of rotatable bonds is 5. The van der Waals surface area contributed by atoms with E-state index in [2.05, 4.69) is 15.2 Å². The predicted octanol–water partition coefficient (Wildman–Crippen LogP) is 4.22. The van der Waals surface area contributed by atoms with Crippen molar-refractivity contribution in [2.45, 2.75) is 50.6 Å². The zero-order valence-corrected chi connectivity index (χ0v) is 22.7. The minimum absolute atomic E-state index is 0.0499. The number of hydrogen-bond donors (Lipinski definition) is 1. The molecular weight excluding hydrogens is 539 g/mol. The molecule has 2 saturated heterocycles. The third-order valence-corrected chi connectivity index (χ3v) is 7.91. The Morgan fingerprint density at radius 2 is 1.88 bits per heavy atom. The van der Waals surface area contributed by atoms with Gasteiger partial charge in [-0.25, -0.2) is 4.39 Å². The van der Waals surface area contributed by atoms with Gasteiger partial charge in [0.25, 0.3) is 11.8 Å². The first-order valence-electron chi connectivity index (χ1n) is 12.7. The van der Waals surface area contributed by atoms with Gasteiger partial charge in [0.2, 0.25) is 5.82 Å². The molecule has 8 nitrogen and oxygen atoms in total. The topological polar surface area (TPSA) is 84.0 Å². The molecule has 0 bridgehead atoms. The van der Waals surface area contributed by atoms with Crippen LogP contribution in [-0.2, 0) is 9.53 Å². The number of methoxy groups -OCH3 is 1. The van der Waals surface area contributed by atoms with Crippen LogP contribution >= 0.6 is 0 Å². The number of piperazine rings is 1. The molecule has 2 aromatic rings. The van der Waals surface area contributed by atoms with Crippen LogP contribution in [0.3, 0.4) is 0 Å². The van der Waals surface area contributed by atoms with Crippen molar-refractivity contribution in [1.29, 1.82) is 0 Å². The van der Waals surface area contributed by atoms with E-state index in [1.54, 1.807) is 4.90 Å². The van der Waals surface area contributed by atoms with Crippen molar-refractivity contribution >= 4 is 17.5 Å². The van der Waals surface area contributed by atoms with E-state index >= 15 is 0 Å². The molecule has 2 aliphatic heterocycles. The summed E-state index contributed by atoms with van der Waals surface area (Å²) in [5.74, 6) is -7.31. The maximum absolute atomic E-state index is 14.6. The normalized spacial score (nSPS) is 27.5. The van der Waals surface area contributed by atoms with E-state index < -0.39 is 53.0 Å². The molecule has 0 unspecified atom stereocenters. The molecule has 2 aliphatic rings. The summed E-state index contributed by atoms with van der Waals surface area (Å²) in [5.41, 5.74) is -2.77. The summed E-state index contributed by atoms with van der Waals surface area (Å²) in [6.07, 6.45) is -5.34. The molecule has 40 heavy (non-hydrogen) atoms. The van der Waals surface area contributed by atoms with E-state index in [9.17, 15) is 31.5 Å². The summed E-state index contributed by atoms with van der Waals surface area (Å²) in [6.45, 7) is 5.78. The van der Waals surface area contributed by atoms with E-state index in [-0.39, 0.29) is 28.9 Å². The van der Waals surface area contributed by atoms with Crippen LogP contribution in [0, 0.1) is 17.6 Å². The van der Waals surface area contributed by atoms with Crippen LogP contribution in [0.15, 0.2) is 30.5 Å². The fourth-order valence-corrected chi connectivity index (χ4v) is 5.47. The van der Waals surface area contributed by atoms with E-state index in [0.717, 1.165) is 26.2 Å². The fourth-order valence-electron chi connectivity index (χ4n) is 5.47. The van der Waals surface area contributed by atoms with E-state index in [1.165, 1.54) is 25.3 Å². The number of alkyl halides is 3. The summed E-state index contributed by atoms with van der Waals surface area (Å²) in [7, 11) is 3.00. The number of carbonyl (C=O) groups excluding carboxylic acids is 2. The smallest absolute Gasteiger partial charge is 0.417 e. The lowest BCUT2D eigenvalue weighted by Gasteiger charge is -2.38. The highest BCUT2D eigenvalue weighted by Crippen LogP contribution is 2.55. The van der Waals surface area contributed by atoms with Crippen LogP contribution in [0.25, 0.3) is 0 Å². The highest BCUT2D eigenvalue weighted by Gasteiger charge is 2.66.